The van der Waals surface area contributed by atoms with E-state index in [2.05, 4.69) is 4.72 Å². The average Bonchev–Trinajstić information content (AvgIpc) is 3.25. The molecule has 0 atom stereocenters. The second-order valence-electron chi connectivity index (χ2n) is 6.25. The summed E-state index contributed by atoms with van der Waals surface area (Å²) in [5, 5.41) is 1.05. The first-order valence-corrected chi connectivity index (χ1v) is 9.91. The molecule has 0 bridgehead atoms. The number of nitrogens with zero attached hydrogens (tertiary/aromatic N) is 1. The minimum atomic E-state index is -3.66. The smallest absolute Gasteiger partial charge is 0.261 e. The summed E-state index contributed by atoms with van der Waals surface area (Å²) in [7, 11) is -2.00. The Morgan fingerprint density at radius 2 is 2.08 bits per heavy atom. The molecule has 1 N–H and O–H groups in total. The van der Waals surface area contributed by atoms with Gasteiger partial charge in [0.15, 0.2) is 0 Å². The lowest BCUT2D eigenvalue weighted by Gasteiger charge is -2.10. The second kappa shape index (κ2) is 6.66. The number of anilines is 1. The van der Waals surface area contributed by atoms with Gasteiger partial charge in [0.2, 0.25) is 0 Å². The average molecular weight is 372 g/mol. The van der Waals surface area contributed by atoms with E-state index < -0.39 is 10.0 Å². The molecule has 0 spiro atoms. The highest BCUT2D eigenvalue weighted by Gasteiger charge is 2.19. The van der Waals surface area contributed by atoms with Gasteiger partial charge in [0.1, 0.15) is 5.75 Å². The third-order valence-electron chi connectivity index (χ3n) is 4.53. The number of hydrogen-bond donors (Lipinski definition) is 1. The Morgan fingerprint density at radius 3 is 2.92 bits per heavy atom. The normalized spacial score (nSPS) is 13.6. The Hall–Kier alpha value is -2.51. The van der Waals surface area contributed by atoms with E-state index in [0.717, 1.165) is 28.6 Å². The van der Waals surface area contributed by atoms with Crippen LogP contribution in [0.5, 0.6) is 5.75 Å². The molecule has 136 valence electrons. The van der Waals surface area contributed by atoms with Crippen LogP contribution in [0.2, 0.25) is 0 Å². The van der Waals surface area contributed by atoms with Gasteiger partial charge in [0.05, 0.1) is 29.3 Å². The summed E-state index contributed by atoms with van der Waals surface area (Å²) in [4.78, 5) is 0.247. The van der Waals surface area contributed by atoms with Gasteiger partial charge >= 0.3 is 0 Å². The molecule has 0 amide bonds. The van der Waals surface area contributed by atoms with Crippen molar-refractivity contribution in [1.29, 1.82) is 0 Å². The molecular formula is C19H20N2O4S. The molecule has 2 aromatic carbocycles. The molecule has 1 aliphatic rings. The highest BCUT2D eigenvalue weighted by Crippen LogP contribution is 2.29. The number of hydrogen-bond acceptors (Lipinski definition) is 4. The summed E-state index contributed by atoms with van der Waals surface area (Å²) < 4.78 is 40.8. The van der Waals surface area contributed by atoms with Crippen LogP contribution in [0.4, 0.5) is 5.69 Å². The summed E-state index contributed by atoms with van der Waals surface area (Å²) in [5.74, 6) is 0.765. The number of sulfonamides is 1. The summed E-state index contributed by atoms with van der Waals surface area (Å²) >= 11 is 0. The monoisotopic (exact) mass is 372 g/mol. The van der Waals surface area contributed by atoms with E-state index in [-0.39, 0.29) is 4.90 Å². The second-order valence-corrected chi connectivity index (χ2v) is 7.93. The molecule has 0 saturated heterocycles. The van der Waals surface area contributed by atoms with Gasteiger partial charge in [-0.3, -0.25) is 4.72 Å². The van der Waals surface area contributed by atoms with Crippen molar-refractivity contribution in [3.05, 3.63) is 54.2 Å². The Balaban J connectivity index is 1.63. The van der Waals surface area contributed by atoms with E-state index >= 15 is 0 Å². The van der Waals surface area contributed by atoms with Crippen molar-refractivity contribution in [1.82, 2.24) is 4.57 Å². The lowest BCUT2D eigenvalue weighted by molar-refractivity contribution is 0.188. The van der Waals surface area contributed by atoms with E-state index in [1.165, 1.54) is 0 Å². The van der Waals surface area contributed by atoms with Crippen molar-refractivity contribution in [2.75, 3.05) is 25.0 Å². The number of rotatable bonds is 6. The van der Waals surface area contributed by atoms with Gasteiger partial charge in [-0.05, 0) is 47.3 Å². The Morgan fingerprint density at radius 1 is 1.19 bits per heavy atom. The van der Waals surface area contributed by atoms with Gasteiger partial charge in [-0.15, -0.1) is 0 Å². The SMILES string of the molecule is COCCn1ccc2ccc(NS(=O)(=O)c3ccc4c(c3)CCO4)cc21. The Labute approximate surface area is 152 Å². The number of fused-ring (bicyclic) bond motifs is 2. The molecule has 0 unspecified atom stereocenters. The minimum Gasteiger partial charge on any atom is -0.493 e. The van der Waals surface area contributed by atoms with Gasteiger partial charge in [-0.2, -0.15) is 0 Å². The maximum Gasteiger partial charge on any atom is 0.261 e. The molecule has 1 aliphatic heterocycles. The predicted octanol–water partition coefficient (Wildman–Crippen LogP) is 3.02. The molecule has 6 nitrogen and oxygen atoms in total. The van der Waals surface area contributed by atoms with Crippen LogP contribution >= 0.6 is 0 Å². The molecule has 2 heterocycles. The van der Waals surface area contributed by atoms with Crippen LogP contribution in [0.3, 0.4) is 0 Å². The molecule has 3 aromatic rings. The zero-order valence-corrected chi connectivity index (χ0v) is 15.3. The maximum absolute atomic E-state index is 12.8. The van der Waals surface area contributed by atoms with E-state index in [1.807, 2.05) is 29.0 Å². The van der Waals surface area contributed by atoms with Gasteiger partial charge < -0.3 is 14.0 Å². The zero-order valence-electron chi connectivity index (χ0n) is 14.4. The largest absolute Gasteiger partial charge is 0.493 e. The van der Waals surface area contributed by atoms with Crippen LogP contribution in [0.1, 0.15) is 5.56 Å². The Bertz CT molecular complexity index is 1060. The molecule has 0 saturated carbocycles. The summed E-state index contributed by atoms with van der Waals surface area (Å²) in [6.45, 7) is 1.90. The first-order valence-electron chi connectivity index (χ1n) is 8.43. The third kappa shape index (κ3) is 3.15. The highest BCUT2D eigenvalue weighted by atomic mass is 32.2. The fraction of sp³-hybridized carbons (Fsp3) is 0.263. The fourth-order valence-electron chi connectivity index (χ4n) is 3.18. The van der Waals surface area contributed by atoms with Crippen LogP contribution in [-0.4, -0.2) is 33.3 Å². The quantitative estimate of drug-likeness (QED) is 0.722. The topological polar surface area (TPSA) is 69.6 Å². The van der Waals surface area contributed by atoms with Crippen molar-refractivity contribution >= 4 is 26.6 Å². The number of nitrogens with one attached hydrogen (secondary N) is 1. The van der Waals surface area contributed by atoms with Gasteiger partial charge in [-0.25, -0.2) is 8.42 Å². The summed E-state index contributed by atoms with van der Waals surface area (Å²) in [6.07, 6.45) is 2.71. The molecule has 0 radical (unpaired) electrons. The highest BCUT2D eigenvalue weighted by molar-refractivity contribution is 7.92. The lowest BCUT2D eigenvalue weighted by Crippen LogP contribution is -2.13. The van der Waals surface area contributed by atoms with Crippen LogP contribution in [0.25, 0.3) is 10.9 Å². The van der Waals surface area contributed by atoms with Crippen LogP contribution in [-0.2, 0) is 27.7 Å². The fourth-order valence-corrected chi connectivity index (χ4v) is 4.28. The van der Waals surface area contributed by atoms with Gasteiger partial charge in [0.25, 0.3) is 10.0 Å². The number of benzene rings is 2. The van der Waals surface area contributed by atoms with Crippen molar-refractivity contribution in [2.45, 2.75) is 17.9 Å². The van der Waals surface area contributed by atoms with Crippen LogP contribution < -0.4 is 9.46 Å². The minimum absolute atomic E-state index is 0.247. The van der Waals surface area contributed by atoms with E-state index in [0.29, 0.717) is 25.4 Å². The van der Waals surface area contributed by atoms with Crippen molar-refractivity contribution in [3.63, 3.8) is 0 Å². The van der Waals surface area contributed by atoms with Crippen molar-refractivity contribution in [2.24, 2.45) is 0 Å². The number of aromatic nitrogens is 1. The first-order chi connectivity index (χ1) is 12.6. The van der Waals surface area contributed by atoms with Gasteiger partial charge in [0, 0.05) is 26.3 Å². The zero-order chi connectivity index (χ0) is 18.1. The summed E-state index contributed by atoms with van der Waals surface area (Å²) in [6, 6.07) is 12.5. The molecule has 0 fully saturated rings. The number of ether oxygens (including phenoxy) is 2. The third-order valence-corrected chi connectivity index (χ3v) is 5.91. The van der Waals surface area contributed by atoms with Crippen molar-refractivity contribution < 1.29 is 17.9 Å². The summed E-state index contributed by atoms with van der Waals surface area (Å²) in [5.41, 5.74) is 2.42. The van der Waals surface area contributed by atoms with E-state index in [1.54, 1.807) is 31.4 Å². The molecular weight excluding hydrogens is 352 g/mol. The van der Waals surface area contributed by atoms with E-state index in [9.17, 15) is 8.42 Å². The number of methoxy groups -OCH3 is 1. The molecule has 4 rings (SSSR count). The first kappa shape index (κ1) is 16.9. The molecule has 0 aliphatic carbocycles. The van der Waals surface area contributed by atoms with Crippen molar-refractivity contribution in [3.8, 4) is 5.75 Å². The van der Waals surface area contributed by atoms with Crippen LogP contribution in [0, 0.1) is 0 Å². The molecule has 1 aromatic heterocycles. The predicted molar refractivity (Wildman–Crippen MR) is 100 cm³/mol. The Kier molecular flexibility index (Phi) is 4.34. The van der Waals surface area contributed by atoms with Gasteiger partial charge in [-0.1, -0.05) is 6.07 Å². The molecule has 7 heteroatoms. The standard InChI is InChI=1S/C19H20N2O4S/c1-24-11-9-21-8-6-14-2-3-16(13-18(14)21)20-26(22,23)17-4-5-19-15(12-17)7-10-25-19/h2-6,8,12-13,20H,7,9-11H2,1H3. The lowest BCUT2D eigenvalue weighted by atomic mass is 10.2. The van der Waals surface area contributed by atoms with E-state index in [4.69, 9.17) is 9.47 Å². The molecule has 26 heavy (non-hydrogen) atoms. The maximum atomic E-state index is 12.8. The van der Waals surface area contributed by atoms with Crippen LogP contribution in [0.15, 0.2) is 53.6 Å².